The van der Waals surface area contributed by atoms with Gasteiger partial charge in [-0.25, -0.2) is 8.78 Å². The smallest absolute Gasteiger partial charge is 0.239 e. The van der Waals surface area contributed by atoms with Crippen molar-refractivity contribution in [1.82, 2.24) is 5.32 Å². The minimum Gasteiger partial charge on any atom is -0.376 e. The van der Waals surface area contributed by atoms with Crippen LogP contribution in [0.3, 0.4) is 0 Å². The molecule has 2 N–H and O–H groups in total. The first kappa shape index (κ1) is 15.9. The molecule has 2 aromatic rings. The molecular formula is C17H18F2N2O. The number of halogens is 2. The molecule has 0 fully saturated rings. The summed E-state index contributed by atoms with van der Waals surface area (Å²) in [5.41, 5.74) is 1.47. The van der Waals surface area contributed by atoms with Crippen molar-refractivity contribution < 1.29 is 13.6 Å². The van der Waals surface area contributed by atoms with E-state index in [1.807, 2.05) is 30.3 Å². The van der Waals surface area contributed by atoms with Crippen molar-refractivity contribution >= 4 is 11.6 Å². The Kier molecular flexibility index (Phi) is 5.89. The van der Waals surface area contributed by atoms with Gasteiger partial charge < -0.3 is 10.6 Å². The summed E-state index contributed by atoms with van der Waals surface area (Å²) in [6, 6.07) is 13.1. The first-order chi connectivity index (χ1) is 10.6. The molecule has 0 aliphatic heterocycles. The Hall–Kier alpha value is -2.43. The van der Waals surface area contributed by atoms with E-state index in [0.29, 0.717) is 6.54 Å². The molecule has 0 saturated carbocycles. The molecule has 116 valence electrons. The van der Waals surface area contributed by atoms with Crippen LogP contribution in [-0.4, -0.2) is 19.0 Å². The monoisotopic (exact) mass is 304 g/mol. The zero-order valence-corrected chi connectivity index (χ0v) is 12.1. The Bertz CT molecular complexity index is 597. The second kappa shape index (κ2) is 8.12. The average molecular weight is 304 g/mol. The summed E-state index contributed by atoms with van der Waals surface area (Å²) in [6.07, 6.45) is 1.73. The Morgan fingerprint density at radius 3 is 2.36 bits per heavy atom. The van der Waals surface area contributed by atoms with Gasteiger partial charge >= 0.3 is 0 Å². The molecule has 3 nitrogen and oxygen atoms in total. The molecule has 2 rings (SSSR count). The topological polar surface area (TPSA) is 41.1 Å². The van der Waals surface area contributed by atoms with Crippen LogP contribution in [0.2, 0.25) is 0 Å². The van der Waals surface area contributed by atoms with Crippen LogP contribution in [0.5, 0.6) is 0 Å². The molecule has 0 spiro atoms. The van der Waals surface area contributed by atoms with E-state index in [9.17, 15) is 13.6 Å². The minimum absolute atomic E-state index is 0.0196. The number of carbonyl (C=O) groups is 1. The van der Waals surface area contributed by atoms with Crippen molar-refractivity contribution in [3.8, 4) is 0 Å². The minimum atomic E-state index is -0.675. The van der Waals surface area contributed by atoms with Gasteiger partial charge in [-0.1, -0.05) is 30.3 Å². The molecule has 0 saturated heterocycles. The van der Waals surface area contributed by atoms with Gasteiger partial charge in [-0.3, -0.25) is 4.79 Å². The van der Waals surface area contributed by atoms with Gasteiger partial charge in [0.2, 0.25) is 5.91 Å². The molecule has 0 aromatic heterocycles. The van der Waals surface area contributed by atoms with Crippen LogP contribution in [0.25, 0.3) is 0 Å². The van der Waals surface area contributed by atoms with E-state index >= 15 is 0 Å². The molecule has 0 atom stereocenters. The second-order valence-electron chi connectivity index (χ2n) is 4.95. The van der Waals surface area contributed by atoms with Gasteiger partial charge in [0.15, 0.2) is 0 Å². The third kappa shape index (κ3) is 5.52. The van der Waals surface area contributed by atoms with Gasteiger partial charge in [0.1, 0.15) is 11.6 Å². The standard InChI is InChI=1S/C17H18F2N2O/c18-14-9-15(19)11-16(10-14)21-12-17(22)20-8-4-7-13-5-2-1-3-6-13/h1-3,5-6,9-11,21H,4,7-8,12H2,(H,20,22). The van der Waals surface area contributed by atoms with Crippen LogP contribution in [0.15, 0.2) is 48.5 Å². The summed E-state index contributed by atoms with van der Waals surface area (Å²) in [4.78, 5) is 11.6. The van der Waals surface area contributed by atoms with Gasteiger partial charge in [0.05, 0.1) is 6.54 Å². The Labute approximate surface area is 128 Å². The molecule has 0 bridgehead atoms. The fourth-order valence-electron chi connectivity index (χ4n) is 2.07. The molecule has 0 unspecified atom stereocenters. The lowest BCUT2D eigenvalue weighted by Gasteiger charge is -2.08. The van der Waals surface area contributed by atoms with Gasteiger partial charge in [0, 0.05) is 18.3 Å². The molecule has 1 amide bonds. The number of anilines is 1. The summed E-state index contributed by atoms with van der Waals surface area (Å²) in [5, 5.41) is 5.46. The highest BCUT2D eigenvalue weighted by Gasteiger charge is 2.03. The number of hydrogen-bond acceptors (Lipinski definition) is 2. The van der Waals surface area contributed by atoms with E-state index in [0.717, 1.165) is 31.0 Å². The van der Waals surface area contributed by atoms with E-state index in [1.165, 1.54) is 5.56 Å². The van der Waals surface area contributed by atoms with E-state index in [-0.39, 0.29) is 18.1 Å². The fraction of sp³-hybridized carbons (Fsp3) is 0.235. The highest BCUT2D eigenvalue weighted by molar-refractivity contribution is 5.80. The maximum absolute atomic E-state index is 13.0. The zero-order valence-electron chi connectivity index (χ0n) is 12.1. The molecule has 0 aliphatic rings. The Morgan fingerprint density at radius 1 is 1.00 bits per heavy atom. The molecule has 0 aliphatic carbocycles. The lowest BCUT2D eigenvalue weighted by Crippen LogP contribution is -2.30. The average Bonchev–Trinajstić information content (AvgIpc) is 2.50. The van der Waals surface area contributed by atoms with Crippen LogP contribution in [0, 0.1) is 11.6 Å². The quantitative estimate of drug-likeness (QED) is 0.772. The predicted molar refractivity (Wildman–Crippen MR) is 82.6 cm³/mol. The van der Waals surface area contributed by atoms with Gasteiger partial charge in [-0.2, -0.15) is 0 Å². The van der Waals surface area contributed by atoms with Crippen LogP contribution in [-0.2, 0) is 11.2 Å². The SMILES string of the molecule is O=C(CNc1cc(F)cc(F)c1)NCCCc1ccccc1. The first-order valence-corrected chi connectivity index (χ1v) is 7.14. The molecular weight excluding hydrogens is 286 g/mol. The van der Waals surface area contributed by atoms with Gasteiger partial charge in [-0.05, 0) is 30.5 Å². The summed E-state index contributed by atoms with van der Waals surface area (Å²) in [5.74, 6) is -1.56. The van der Waals surface area contributed by atoms with Crippen molar-refractivity contribution in [2.75, 3.05) is 18.4 Å². The lowest BCUT2D eigenvalue weighted by molar-refractivity contribution is -0.119. The van der Waals surface area contributed by atoms with Crippen molar-refractivity contribution in [2.24, 2.45) is 0 Å². The molecule has 0 radical (unpaired) electrons. The second-order valence-corrected chi connectivity index (χ2v) is 4.95. The normalized spacial score (nSPS) is 10.3. The van der Waals surface area contributed by atoms with E-state index in [2.05, 4.69) is 10.6 Å². The number of amides is 1. The van der Waals surface area contributed by atoms with E-state index < -0.39 is 11.6 Å². The first-order valence-electron chi connectivity index (χ1n) is 7.14. The van der Waals surface area contributed by atoms with Crippen molar-refractivity contribution in [3.63, 3.8) is 0 Å². The molecule has 0 heterocycles. The highest BCUT2D eigenvalue weighted by atomic mass is 19.1. The number of hydrogen-bond donors (Lipinski definition) is 2. The van der Waals surface area contributed by atoms with Gasteiger partial charge in [-0.15, -0.1) is 0 Å². The largest absolute Gasteiger partial charge is 0.376 e. The zero-order chi connectivity index (χ0) is 15.8. The maximum Gasteiger partial charge on any atom is 0.239 e. The van der Waals surface area contributed by atoms with E-state index in [1.54, 1.807) is 0 Å². The van der Waals surface area contributed by atoms with E-state index in [4.69, 9.17) is 0 Å². The van der Waals surface area contributed by atoms with Crippen molar-refractivity contribution in [2.45, 2.75) is 12.8 Å². The number of rotatable bonds is 7. The number of carbonyl (C=O) groups excluding carboxylic acids is 1. The third-order valence-corrected chi connectivity index (χ3v) is 3.12. The summed E-state index contributed by atoms with van der Waals surface area (Å²) >= 11 is 0. The van der Waals surface area contributed by atoms with Gasteiger partial charge in [0.25, 0.3) is 0 Å². The van der Waals surface area contributed by atoms with Crippen LogP contribution < -0.4 is 10.6 Å². The molecule has 5 heteroatoms. The Balaban J connectivity index is 1.65. The van der Waals surface area contributed by atoms with Crippen molar-refractivity contribution in [1.29, 1.82) is 0 Å². The highest BCUT2D eigenvalue weighted by Crippen LogP contribution is 2.12. The van der Waals surface area contributed by atoms with Crippen LogP contribution in [0.1, 0.15) is 12.0 Å². The lowest BCUT2D eigenvalue weighted by atomic mass is 10.1. The third-order valence-electron chi connectivity index (χ3n) is 3.12. The summed E-state index contributed by atoms with van der Waals surface area (Å²) < 4.78 is 26.0. The number of benzene rings is 2. The number of aryl methyl sites for hydroxylation is 1. The number of nitrogens with one attached hydrogen (secondary N) is 2. The predicted octanol–water partition coefficient (Wildman–Crippen LogP) is 3.13. The van der Waals surface area contributed by atoms with Crippen LogP contribution in [0.4, 0.5) is 14.5 Å². The fourth-order valence-corrected chi connectivity index (χ4v) is 2.07. The molecule has 22 heavy (non-hydrogen) atoms. The van der Waals surface area contributed by atoms with Crippen LogP contribution >= 0.6 is 0 Å². The van der Waals surface area contributed by atoms with Crippen molar-refractivity contribution in [3.05, 3.63) is 65.7 Å². The molecule has 2 aromatic carbocycles. The maximum atomic E-state index is 13.0. The summed E-state index contributed by atoms with van der Waals surface area (Å²) in [7, 11) is 0. The Morgan fingerprint density at radius 2 is 1.68 bits per heavy atom. The summed E-state index contributed by atoms with van der Waals surface area (Å²) in [6.45, 7) is 0.543.